The summed E-state index contributed by atoms with van der Waals surface area (Å²) >= 11 is 3.41. The number of nitrogens with two attached hydrogens (primary N) is 1. The molecule has 0 radical (unpaired) electrons. The summed E-state index contributed by atoms with van der Waals surface area (Å²) in [6.07, 6.45) is 5.20. The third-order valence-corrected chi connectivity index (χ3v) is 3.31. The highest BCUT2D eigenvalue weighted by atomic mass is 79.9. The standard InChI is InChI=1S/C15H19BrN2O2/c1-4-7-20-13-6-5-12(16)8-11(13)9-18-14(10(2)3)15(17)19/h1,5-6,8,10,14,18H,7,9H2,2-3H3,(H2,17,19). The van der Waals surface area contributed by atoms with Crippen molar-refractivity contribution in [1.29, 1.82) is 0 Å². The monoisotopic (exact) mass is 338 g/mol. The lowest BCUT2D eigenvalue weighted by Gasteiger charge is -2.20. The number of nitrogens with one attached hydrogen (secondary N) is 1. The largest absolute Gasteiger partial charge is 0.481 e. The van der Waals surface area contributed by atoms with Gasteiger partial charge in [-0.25, -0.2) is 0 Å². The maximum absolute atomic E-state index is 11.4. The van der Waals surface area contributed by atoms with E-state index in [2.05, 4.69) is 27.2 Å². The normalized spacial score (nSPS) is 11.9. The molecular weight excluding hydrogens is 320 g/mol. The van der Waals surface area contributed by atoms with Gasteiger partial charge in [-0.2, -0.15) is 0 Å². The fourth-order valence-electron chi connectivity index (χ4n) is 1.83. The number of carbonyl (C=O) groups is 1. The molecule has 0 aromatic heterocycles. The second kappa shape index (κ2) is 7.93. The Labute approximate surface area is 128 Å². The molecule has 1 aromatic rings. The Hall–Kier alpha value is -1.51. The SMILES string of the molecule is C#CCOc1ccc(Br)cc1CNC(C(N)=O)C(C)C. The number of amides is 1. The number of benzene rings is 1. The van der Waals surface area contributed by atoms with Gasteiger partial charge in [0, 0.05) is 16.6 Å². The van der Waals surface area contributed by atoms with E-state index in [1.165, 1.54) is 0 Å². The molecule has 3 N–H and O–H groups in total. The predicted octanol–water partition coefficient (Wildman–Crippen LogP) is 2.06. The van der Waals surface area contributed by atoms with E-state index in [1.807, 2.05) is 32.0 Å². The number of hydrogen-bond acceptors (Lipinski definition) is 3. The van der Waals surface area contributed by atoms with E-state index in [9.17, 15) is 4.79 Å². The summed E-state index contributed by atoms with van der Waals surface area (Å²) in [5.74, 6) is 2.89. The van der Waals surface area contributed by atoms with Crippen molar-refractivity contribution in [2.75, 3.05) is 6.61 Å². The smallest absolute Gasteiger partial charge is 0.234 e. The average molecular weight is 339 g/mol. The van der Waals surface area contributed by atoms with Crippen LogP contribution in [0, 0.1) is 18.3 Å². The fourth-order valence-corrected chi connectivity index (χ4v) is 2.24. The molecule has 1 amide bonds. The molecule has 0 aliphatic carbocycles. The lowest BCUT2D eigenvalue weighted by atomic mass is 10.0. The molecule has 1 aromatic carbocycles. The summed E-state index contributed by atoms with van der Waals surface area (Å²) in [5.41, 5.74) is 6.30. The van der Waals surface area contributed by atoms with Gasteiger partial charge in [-0.1, -0.05) is 35.7 Å². The minimum absolute atomic E-state index is 0.120. The van der Waals surface area contributed by atoms with Crippen LogP contribution < -0.4 is 15.8 Å². The molecule has 5 heteroatoms. The third-order valence-electron chi connectivity index (χ3n) is 2.82. The Balaban J connectivity index is 2.82. The second-order valence-electron chi connectivity index (χ2n) is 4.75. The third kappa shape index (κ3) is 4.87. The highest BCUT2D eigenvalue weighted by Gasteiger charge is 2.19. The van der Waals surface area contributed by atoms with Crippen LogP contribution in [-0.2, 0) is 11.3 Å². The van der Waals surface area contributed by atoms with E-state index in [4.69, 9.17) is 16.9 Å². The summed E-state index contributed by atoms with van der Waals surface area (Å²) in [4.78, 5) is 11.4. The Kier molecular flexibility index (Phi) is 6.56. The van der Waals surface area contributed by atoms with Gasteiger partial charge in [0.05, 0.1) is 6.04 Å². The van der Waals surface area contributed by atoms with E-state index in [0.717, 1.165) is 10.0 Å². The summed E-state index contributed by atoms with van der Waals surface area (Å²) in [6, 6.07) is 5.27. The topological polar surface area (TPSA) is 64.3 Å². The van der Waals surface area contributed by atoms with Crippen LogP contribution in [0.25, 0.3) is 0 Å². The second-order valence-corrected chi connectivity index (χ2v) is 5.67. The molecule has 4 nitrogen and oxygen atoms in total. The quantitative estimate of drug-likeness (QED) is 0.748. The van der Waals surface area contributed by atoms with Crippen molar-refractivity contribution in [1.82, 2.24) is 5.32 Å². The van der Waals surface area contributed by atoms with Crippen LogP contribution in [0.15, 0.2) is 22.7 Å². The minimum Gasteiger partial charge on any atom is -0.481 e. The molecular formula is C15H19BrN2O2. The maximum atomic E-state index is 11.4. The first-order valence-corrected chi connectivity index (χ1v) is 7.12. The number of terminal acetylenes is 1. The zero-order valence-electron chi connectivity index (χ0n) is 11.7. The van der Waals surface area contributed by atoms with Crippen molar-refractivity contribution in [3.8, 4) is 18.1 Å². The first-order chi connectivity index (χ1) is 9.45. The zero-order valence-corrected chi connectivity index (χ0v) is 13.2. The van der Waals surface area contributed by atoms with Crippen LogP contribution in [-0.4, -0.2) is 18.6 Å². The van der Waals surface area contributed by atoms with E-state index in [1.54, 1.807) is 0 Å². The van der Waals surface area contributed by atoms with Crippen molar-refractivity contribution in [3.63, 3.8) is 0 Å². The number of primary amides is 1. The average Bonchev–Trinajstić information content (AvgIpc) is 2.37. The molecule has 0 bridgehead atoms. The minimum atomic E-state index is -0.380. The number of carbonyl (C=O) groups excluding carboxylic acids is 1. The van der Waals surface area contributed by atoms with Crippen LogP contribution in [0.3, 0.4) is 0 Å². The lowest BCUT2D eigenvalue weighted by molar-refractivity contribution is -0.121. The van der Waals surface area contributed by atoms with Gasteiger partial charge in [0.1, 0.15) is 12.4 Å². The molecule has 1 rings (SSSR count). The Morgan fingerprint density at radius 1 is 1.55 bits per heavy atom. The van der Waals surface area contributed by atoms with E-state index in [0.29, 0.717) is 12.3 Å². The lowest BCUT2D eigenvalue weighted by Crippen LogP contribution is -2.44. The highest BCUT2D eigenvalue weighted by Crippen LogP contribution is 2.23. The molecule has 0 saturated carbocycles. The summed E-state index contributed by atoms with van der Waals surface area (Å²) in [5, 5.41) is 3.15. The first-order valence-electron chi connectivity index (χ1n) is 6.33. The Morgan fingerprint density at radius 3 is 2.80 bits per heavy atom. The number of hydrogen-bond donors (Lipinski definition) is 2. The highest BCUT2D eigenvalue weighted by molar-refractivity contribution is 9.10. The van der Waals surface area contributed by atoms with E-state index >= 15 is 0 Å². The number of halogens is 1. The van der Waals surface area contributed by atoms with Gasteiger partial charge >= 0.3 is 0 Å². The van der Waals surface area contributed by atoms with Gasteiger partial charge in [-0.05, 0) is 24.1 Å². The van der Waals surface area contributed by atoms with Crippen LogP contribution in [0.5, 0.6) is 5.75 Å². The van der Waals surface area contributed by atoms with Crippen LogP contribution in [0.2, 0.25) is 0 Å². The molecule has 0 saturated heterocycles. The molecule has 0 heterocycles. The first kappa shape index (κ1) is 16.5. The van der Waals surface area contributed by atoms with Gasteiger partial charge in [0.15, 0.2) is 0 Å². The van der Waals surface area contributed by atoms with Gasteiger partial charge < -0.3 is 15.8 Å². The predicted molar refractivity (Wildman–Crippen MR) is 83.1 cm³/mol. The summed E-state index contributed by atoms with van der Waals surface area (Å²) in [7, 11) is 0. The molecule has 0 spiro atoms. The summed E-state index contributed by atoms with van der Waals surface area (Å²) < 4.78 is 6.41. The molecule has 20 heavy (non-hydrogen) atoms. The van der Waals surface area contributed by atoms with Gasteiger partial charge in [0.2, 0.25) is 5.91 Å². The Morgan fingerprint density at radius 2 is 2.25 bits per heavy atom. The van der Waals surface area contributed by atoms with Gasteiger partial charge in [-0.3, -0.25) is 4.79 Å². The van der Waals surface area contributed by atoms with Crippen molar-refractivity contribution in [2.45, 2.75) is 26.4 Å². The van der Waals surface area contributed by atoms with Crippen LogP contribution in [0.1, 0.15) is 19.4 Å². The molecule has 1 unspecified atom stereocenters. The molecule has 108 valence electrons. The van der Waals surface area contributed by atoms with Gasteiger partial charge in [-0.15, -0.1) is 6.42 Å². The maximum Gasteiger partial charge on any atom is 0.234 e. The van der Waals surface area contributed by atoms with Crippen molar-refractivity contribution in [3.05, 3.63) is 28.2 Å². The van der Waals surface area contributed by atoms with Crippen LogP contribution in [0.4, 0.5) is 0 Å². The molecule has 1 atom stereocenters. The Bertz CT molecular complexity index is 509. The van der Waals surface area contributed by atoms with Gasteiger partial charge in [0.25, 0.3) is 0 Å². The van der Waals surface area contributed by atoms with Crippen molar-refractivity contribution < 1.29 is 9.53 Å². The number of rotatable bonds is 7. The number of ether oxygens (including phenoxy) is 1. The van der Waals surface area contributed by atoms with Crippen LogP contribution >= 0.6 is 15.9 Å². The summed E-state index contributed by atoms with van der Waals surface area (Å²) in [6.45, 7) is 4.57. The molecule has 0 aliphatic rings. The van der Waals surface area contributed by atoms with E-state index < -0.39 is 0 Å². The molecule has 0 aliphatic heterocycles. The van der Waals surface area contributed by atoms with Crippen molar-refractivity contribution >= 4 is 21.8 Å². The fraction of sp³-hybridized carbons (Fsp3) is 0.400. The zero-order chi connectivity index (χ0) is 15.1. The van der Waals surface area contributed by atoms with E-state index in [-0.39, 0.29) is 24.5 Å². The van der Waals surface area contributed by atoms with Crippen molar-refractivity contribution in [2.24, 2.45) is 11.7 Å². The molecule has 0 fully saturated rings.